The molecule has 0 aliphatic heterocycles. The highest BCUT2D eigenvalue weighted by atomic mass is 19.1. The number of nitro groups is 1. The number of hydrogen-bond donors (Lipinski definition) is 2. The summed E-state index contributed by atoms with van der Waals surface area (Å²) in [6.45, 7) is 0. The van der Waals surface area contributed by atoms with E-state index in [0.717, 1.165) is 12.3 Å². The number of hydrogen-bond acceptors (Lipinski definition) is 6. The third-order valence-corrected chi connectivity index (χ3v) is 3.26. The van der Waals surface area contributed by atoms with E-state index < -0.39 is 16.6 Å². The summed E-state index contributed by atoms with van der Waals surface area (Å²) in [6, 6.07) is 11.1. The molecule has 2 rings (SSSR count). The van der Waals surface area contributed by atoms with E-state index in [9.17, 15) is 19.3 Å². The van der Waals surface area contributed by atoms with Crippen LogP contribution in [0.2, 0.25) is 0 Å². The van der Waals surface area contributed by atoms with E-state index in [1.165, 1.54) is 37.4 Å². The number of non-ortho nitro benzene ring substituents is 1. The lowest BCUT2D eigenvalue weighted by Gasteiger charge is -2.09. The van der Waals surface area contributed by atoms with Crippen molar-refractivity contribution in [1.82, 2.24) is 0 Å². The minimum absolute atomic E-state index is 0.0619. The number of benzene rings is 2. The Labute approximate surface area is 147 Å². The largest absolute Gasteiger partial charge is 0.494 e. The summed E-state index contributed by atoms with van der Waals surface area (Å²) in [7, 11) is 1.29. The summed E-state index contributed by atoms with van der Waals surface area (Å²) < 4.78 is 18.6. The van der Waals surface area contributed by atoms with Crippen molar-refractivity contribution in [3.05, 3.63) is 70.2 Å². The van der Waals surface area contributed by atoms with Crippen LogP contribution in [0.3, 0.4) is 0 Å². The Bertz CT molecular complexity index is 921. The number of nitro benzene ring substituents is 1. The molecule has 0 saturated heterocycles. The quantitative estimate of drug-likeness (QED) is 0.355. The Balaban J connectivity index is 2.19. The highest BCUT2D eigenvalue weighted by molar-refractivity contribution is 6.07. The third-order valence-electron chi connectivity index (χ3n) is 3.26. The Morgan fingerprint density at radius 3 is 2.65 bits per heavy atom. The summed E-state index contributed by atoms with van der Waals surface area (Å²) in [6.07, 6.45) is 1.06. The lowest BCUT2D eigenvalue weighted by molar-refractivity contribution is -0.384. The molecular weight excluding hydrogens is 343 g/mol. The minimum Gasteiger partial charge on any atom is -0.494 e. The van der Waals surface area contributed by atoms with Gasteiger partial charge in [0, 0.05) is 12.3 Å². The number of amides is 1. The van der Waals surface area contributed by atoms with Gasteiger partial charge in [0.1, 0.15) is 23.2 Å². The van der Waals surface area contributed by atoms with Gasteiger partial charge in [-0.1, -0.05) is 12.1 Å². The fourth-order valence-corrected chi connectivity index (χ4v) is 1.96. The molecule has 2 aromatic carbocycles. The molecule has 26 heavy (non-hydrogen) atoms. The maximum Gasteiger partial charge on any atom is 0.273 e. The van der Waals surface area contributed by atoms with E-state index in [0.29, 0.717) is 0 Å². The summed E-state index contributed by atoms with van der Waals surface area (Å²) in [4.78, 5) is 22.4. The molecule has 2 aromatic rings. The molecule has 0 aliphatic carbocycles. The van der Waals surface area contributed by atoms with E-state index in [-0.39, 0.29) is 28.4 Å². The summed E-state index contributed by atoms with van der Waals surface area (Å²) in [5.41, 5.74) is -0.290. The number of carbonyl (C=O) groups excluding carboxylic acids is 1. The van der Waals surface area contributed by atoms with Gasteiger partial charge in [0.2, 0.25) is 0 Å². The first kappa shape index (κ1) is 18.4. The van der Waals surface area contributed by atoms with Crippen LogP contribution in [0.25, 0.3) is 0 Å². The number of anilines is 2. The van der Waals surface area contributed by atoms with Gasteiger partial charge in [-0.15, -0.1) is 0 Å². The topological polar surface area (TPSA) is 117 Å². The average molecular weight is 356 g/mol. The summed E-state index contributed by atoms with van der Waals surface area (Å²) >= 11 is 0. The number of nitrogens with one attached hydrogen (secondary N) is 2. The number of nitrogens with zero attached hydrogens (tertiary/aromatic N) is 2. The molecule has 0 heterocycles. The SMILES string of the molecule is COc1cc([N+](=O)[O-])ccc1NC(=O)/C(C#N)=C\Nc1ccccc1F. The average Bonchev–Trinajstić information content (AvgIpc) is 2.63. The molecular formula is C17H13FN4O4. The van der Waals surface area contributed by atoms with Gasteiger partial charge < -0.3 is 15.4 Å². The van der Waals surface area contributed by atoms with E-state index in [1.54, 1.807) is 12.1 Å². The van der Waals surface area contributed by atoms with Crippen LogP contribution in [0, 0.1) is 27.3 Å². The van der Waals surface area contributed by atoms with Crippen molar-refractivity contribution in [3.63, 3.8) is 0 Å². The van der Waals surface area contributed by atoms with E-state index in [1.807, 2.05) is 0 Å². The van der Waals surface area contributed by atoms with Crippen LogP contribution in [0.15, 0.2) is 54.2 Å². The fourth-order valence-electron chi connectivity index (χ4n) is 1.96. The van der Waals surface area contributed by atoms with Crippen LogP contribution in [0.4, 0.5) is 21.5 Å². The smallest absolute Gasteiger partial charge is 0.273 e. The van der Waals surface area contributed by atoms with Gasteiger partial charge in [-0.25, -0.2) is 4.39 Å². The molecule has 0 fully saturated rings. The zero-order valence-electron chi connectivity index (χ0n) is 13.5. The normalized spacial score (nSPS) is 10.6. The number of para-hydroxylation sites is 1. The first-order chi connectivity index (χ1) is 12.5. The molecule has 0 aliphatic rings. The molecule has 8 nitrogen and oxygen atoms in total. The first-order valence-electron chi connectivity index (χ1n) is 7.21. The maximum atomic E-state index is 13.5. The number of rotatable bonds is 6. The van der Waals surface area contributed by atoms with Gasteiger partial charge >= 0.3 is 0 Å². The molecule has 132 valence electrons. The highest BCUT2D eigenvalue weighted by Gasteiger charge is 2.16. The van der Waals surface area contributed by atoms with E-state index in [2.05, 4.69) is 10.6 Å². The van der Waals surface area contributed by atoms with Crippen LogP contribution in [-0.2, 0) is 4.79 Å². The van der Waals surface area contributed by atoms with Crippen LogP contribution >= 0.6 is 0 Å². The predicted octanol–water partition coefficient (Wildman–Crippen LogP) is 3.20. The van der Waals surface area contributed by atoms with Gasteiger partial charge in [-0.3, -0.25) is 14.9 Å². The number of ether oxygens (including phenoxy) is 1. The standard InChI is InChI=1S/C17H13FN4O4/c1-26-16-8-12(22(24)25)6-7-15(16)21-17(23)11(9-19)10-20-14-5-3-2-4-13(14)18/h2-8,10,20H,1H3,(H,21,23)/b11-10-. The lowest BCUT2D eigenvalue weighted by atomic mass is 10.2. The Hall–Kier alpha value is -3.93. The number of halogens is 1. The Morgan fingerprint density at radius 2 is 2.04 bits per heavy atom. The lowest BCUT2D eigenvalue weighted by Crippen LogP contribution is -2.15. The number of methoxy groups -OCH3 is 1. The van der Waals surface area contributed by atoms with Crippen molar-refractivity contribution in [3.8, 4) is 11.8 Å². The van der Waals surface area contributed by atoms with Crippen LogP contribution in [0.1, 0.15) is 0 Å². The second kappa shape index (κ2) is 8.25. The van der Waals surface area contributed by atoms with Crippen LogP contribution < -0.4 is 15.4 Å². The monoisotopic (exact) mass is 356 g/mol. The Kier molecular flexibility index (Phi) is 5.84. The van der Waals surface area contributed by atoms with Crippen LogP contribution in [0.5, 0.6) is 5.75 Å². The molecule has 0 saturated carbocycles. The molecule has 0 bridgehead atoms. The molecule has 0 atom stereocenters. The molecule has 0 spiro atoms. The van der Waals surface area contributed by atoms with Gasteiger partial charge in [0.05, 0.1) is 29.5 Å². The van der Waals surface area contributed by atoms with E-state index >= 15 is 0 Å². The van der Waals surface area contributed by atoms with Gasteiger partial charge in [-0.2, -0.15) is 5.26 Å². The minimum atomic E-state index is -0.788. The fraction of sp³-hybridized carbons (Fsp3) is 0.0588. The number of carbonyl (C=O) groups is 1. The zero-order valence-corrected chi connectivity index (χ0v) is 13.5. The van der Waals surface area contributed by atoms with Crippen molar-refractivity contribution in [2.45, 2.75) is 0 Å². The summed E-state index contributed by atoms with van der Waals surface area (Å²) in [5.74, 6) is -1.27. The number of nitriles is 1. The van der Waals surface area contributed by atoms with Gasteiger partial charge in [-0.05, 0) is 18.2 Å². The van der Waals surface area contributed by atoms with Crippen molar-refractivity contribution in [1.29, 1.82) is 5.26 Å². The van der Waals surface area contributed by atoms with Crippen LogP contribution in [-0.4, -0.2) is 17.9 Å². The molecule has 0 unspecified atom stereocenters. The second-order valence-electron chi connectivity index (χ2n) is 4.89. The molecule has 0 aromatic heterocycles. The van der Waals surface area contributed by atoms with Gasteiger partial charge in [0.15, 0.2) is 0 Å². The second-order valence-corrected chi connectivity index (χ2v) is 4.89. The van der Waals surface area contributed by atoms with Crippen molar-refractivity contribution in [2.75, 3.05) is 17.7 Å². The molecule has 9 heteroatoms. The third kappa shape index (κ3) is 4.33. The summed E-state index contributed by atoms with van der Waals surface area (Å²) in [5, 5.41) is 24.9. The molecule has 2 N–H and O–H groups in total. The zero-order chi connectivity index (χ0) is 19.1. The molecule has 0 radical (unpaired) electrons. The first-order valence-corrected chi connectivity index (χ1v) is 7.21. The predicted molar refractivity (Wildman–Crippen MR) is 92.0 cm³/mol. The maximum absolute atomic E-state index is 13.5. The van der Waals surface area contributed by atoms with E-state index in [4.69, 9.17) is 10.00 Å². The highest BCUT2D eigenvalue weighted by Crippen LogP contribution is 2.29. The molecule has 1 amide bonds. The van der Waals surface area contributed by atoms with Crippen molar-refractivity contribution in [2.24, 2.45) is 0 Å². The van der Waals surface area contributed by atoms with Crippen molar-refractivity contribution < 1.29 is 18.8 Å². The Morgan fingerprint density at radius 1 is 1.31 bits per heavy atom. The van der Waals surface area contributed by atoms with Gasteiger partial charge in [0.25, 0.3) is 11.6 Å². The van der Waals surface area contributed by atoms with Crippen molar-refractivity contribution >= 4 is 23.0 Å².